The van der Waals surface area contributed by atoms with E-state index in [4.69, 9.17) is 19.0 Å². The van der Waals surface area contributed by atoms with Crippen molar-refractivity contribution in [2.24, 2.45) is 5.16 Å². The Morgan fingerprint density at radius 3 is 2.08 bits per heavy atom. The topological polar surface area (TPSA) is 69.6 Å². The van der Waals surface area contributed by atoms with Crippen molar-refractivity contribution in [2.45, 2.75) is 37.8 Å². The molecule has 3 rings (SSSR count). The monoisotopic (exact) mass is 348 g/mol. The molecule has 0 spiro atoms. The van der Waals surface area contributed by atoms with Gasteiger partial charge in [0, 0.05) is 24.9 Å². The van der Waals surface area contributed by atoms with Crippen LogP contribution in [0, 0.1) is 0 Å². The van der Waals surface area contributed by atoms with Gasteiger partial charge in [-0.25, -0.2) is 4.79 Å². The summed E-state index contributed by atoms with van der Waals surface area (Å²) in [4.78, 5) is 20.0. The van der Waals surface area contributed by atoms with Gasteiger partial charge in [0.05, 0.1) is 32.6 Å². The third-order valence-corrected chi connectivity index (χ3v) is 5.09. The highest BCUT2D eigenvalue weighted by molar-refractivity contribution is 5.92. The highest BCUT2D eigenvalue weighted by Crippen LogP contribution is 2.38. The van der Waals surface area contributed by atoms with Crippen molar-refractivity contribution in [3.63, 3.8) is 0 Å². The molecule has 2 bridgehead atoms. The average molecular weight is 348 g/mol. The molecular weight excluding hydrogens is 324 g/mol. The molecule has 0 aromatic heterocycles. The molecule has 2 saturated heterocycles. The molecule has 1 aromatic rings. The first-order valence-corrected chi connectivity index (χ1v) is 8.36. The highest BCUT2D eigenvalue weighted by Gasteiger charge is 2.37. The number of rotatable bonds is 5. The van der Waals surface area contributed by atoms with Crippen molar-refractivity contribution in [1.29, 1.82) is 0 Å². The zero-order valence-electron chi connectivity index (χ0n) is 15.1. The number of benzene rings is 1. The van der Waals surface area contributed by atoms with Gasteiger partial charge in [-0.1, -0.05) is 5.16 Å². The van der Waals surface area contributed by atoms with Crippen LogP contribution in [-0.4, -0.2) is 57.0 Å². The van der Waals surface area contributed by atoms with E-state index in [-0.39, 0.29) is 0 Å². The van der Waals surface area contributed by atoms with Gasteiger partial charge in [-0.3, -0.25) is 4.90 Å². The van der Waals surface area contributed by atoms with E-state index in [0.29, 0.717) is 34.9 Å². The summed E-state index contributed by atoms with van der Waals surface area (Å²) in [6, 6.07) is 4.14. The van der Waals surface area contributed by atoms with E-state index in [0.717, 1.165) is 18.6 Å². The highest BCUT2D eigenvalue weighted by atomic mass is 16.7. The standard InChI is InChI=1S/C18H24N2O5/c1-20-13-5-6-14(20)10-12(9-13)19-25-18(21)11-7-15(22-2)17(24-4)16(8-11)23-3/h7-8,13-14H,5-6,9-10H2,1-4H3. The van der Waals surface area contributed by atoms with Gasteiger partial charge >= 0.3 is 5.97 Å². The van der Waals surface area contributed by atoms with Crippen LogP contribution in [0.3, 0.4) is 0 Å². The molecule has 0 N–H and O–H groups in total. The molecule has 0 aliphatic carbocycles. The summed E-state index contributed by atoms with van der Waals surface area (Å²) < 4.78 is 15.8. The fourth-order valence-electron chi connectivity index (χ4n) is 3.64. The number of nitrogens with zero attached hydrogens (tertiary/aromatic N) is 2. The molecule has 0 amide bonds. The Morgan fingerprint density at radius 1 is 1.04 bits per heavy atom. The number of methoxy groups -OCH3 is 3. The molecule has 7 nitrogen and oxygen atoms in total. The van der Waals surface area contributed by atoms with Gasteiger partial charge in [0.25, 0.3) is 0 Å². The number of carbonyl (C=O) groups excluding carboxylic acids is 1. The van der Waals surface area contributed by atoms with Crippen molar-refractivity contribution in [3.8, 4) is 17.2 Å². The molecular formula is C18H24N2O5. The normalized spacial score (nSPS) is 22.5. The second-order valence-electron chi connectivity index (χ2n) is 6.41. The van der Waals surface area contributed by atoms with E-state index in [9.17, 15) is 4.79 Å². The van der Waals surface area contributed by atoms with Crippen molar-refractivity contribution >= 4 is 11.7 Å². The SMILES string of the molecule is COc1cc(C(=O)ON=C2CC3CCC(C2)N3C)cc(OC)c1OC. The molecule has 0 saturated carbocycles. The Bertz CT molecular complexity index is 647. The van der Waals surface area contributed by atoms with Crippen molar-refractivity contribution in [1.82, 2.24) is 4.90 Å². The Morgan fingerprint density at radius 2 is 1.60 bits per heavy atom. The zero-order chi connectivity index (χ0) is 18.0. The van der Waals surface area contributed by atoms with Gasteiger partial charge in [-0.05, 0) is 32.0 Å². The summed E-state index contributed by atoms with van der Waals surface area (Å²) >= 11 is 0. The summed E-state index contributed by atoms with van der Waals surface area (Å²) in [7, 11) is 6.67. The number of hydrogen-bond acceptors (Lipinski definition) is 7. The van der Waals surface area contributed by atoms with Crippen LogP contribution >= 0.6 is 0 Å². The van der Waals surface area contributed by atoms with Crippen LogP contribution < -0.4 is 14.2 Å². The van der Waals surface area contributed by atoms with Crippen LogP contribution in [-0.2, 0) is 4.84 Å². The Hall–Kier alpha value is -2.28. The number of hydrogen-bond donors (Lipinski definition) is 0. The predicted molar refractivity (Wildman–Crippen MR) is 92.8 cm³/mol. The lowest BCUT2D eigenvalue weighted by molar-refractivity contribution is 0.0509. The van der Waals surface area contributed by atoms with Crippen molar-refractivity contribution < 1.29 is 23.8 Å². The minimum Gasteiger partial charge on any atom is -0.493 e. The van der Waals surface area contributed by atoms with Crippen LogP contribution in [0.2, 0.25) is 0 Å². The van der Waals surface area contributed by atoms with Gasteiger partial charge < -0.3 is 19.0 Å². The number of oxime groups is 1. The van der Waals surface area contributed by atoms with E-state index in [1.54, 1.807) is 12.1 Å². The minimum absolute atomic E-state index is 0.301. The van der Waals surface area contributed by atoms with Gasteiger partial charge in [0.2, 0.25) is 5.75 Å². The van der Waals surface area contributed by atoms with Gasteiger partial charge in [-0.15, -0.1) is 0 Å². The Kier molecular flexibility index (Phi) is 5.13. The average Bonchev–Trinajstić information content (AvgIpc) is 2.85. The van der Waals surface area contributed by atoms with Crippen LogP contribution in [0.1, 0.15) is 36.0 Å². The fraction of sp³-hybridized carbons (Fsp3) is 0.556. The van der Waals surface area contributed by atoms with Crippen molar-refractivity contribution in [3.05, 3.63) is 17.7 Å². The van der Waals surface area contributed by atoms with E-state index in [2.05, 4.69) is 17.1 Å². The first-order chi connectivity index (χ1) is 12.1. The predicted octanol–water partition coefficient (Wildman–Crippen LogP) is 2.48. The molecule has 0 radical (unpaired) electrons. The van der Waals surface area contributed by atoms with E-state index in [1.165, 1.54) is 34.2 Å². The third-order valence-electron chi connectivity index (χ3n) is 5.09. The van der Waals surface area contributed by atoms with Crippen molar-refractivity contribution in [2.75, 3.05) is 28.4 Å². The zero-order valence-corrected chi connectivity index (χ0v) is 15.1. The molecule has 25 heavy (non-hydrogen) atoms. The smallest absolute Gasteiger partial charge is 0.365 e. The molecule has 2 unspecified atom stereocenters. The van der Waals surface area contributed by atoms with Gasteiger partial charge in [-0.2, -0.15) is 0 Å². The Balaban J connectivity index is 1.74. The van der Waals surface area contributed by atoms with Gasteiger partial charge in [0.1, 0.15) is 0 Å². The molecule has 136 valence electrons. The van der Waals surface area contributed by atoms with E-state index in [1.807, 2.05) is 0 Å². The molecule has 2 aliphatic rings. The lowest BCUT2D eigenvalue weighted by Gasteiger charge is -2.31. The van der Waals surface area contributed by atoms with Crippen LogP contribution in [0.25, 0.3) is 0 Å². The molecule has 2 heterocycles. The quantitative estimate of drug-likeness (QED) is 0.601. The van der Waals surface area contributed by atoms with Crippen LogP contribution in [0.4, 0.5) is 0 Å². The number of ether oxygens (including phenoxy) is 3. The second kappa shape index (κ2) is 7.31. The maximum atomic E-state index is 12.4. The fourth-order valence-corrected chi connectivity index (χ4v) is 3.64. The van der Waals surface area contributed by atoms with Crippen LogP contribution in [0.15, 0.2) is 17.3 Å². The van der Waals surface area contributed by atoms with E-state index >= 15 is 0 Å². The third kappa shape index (κ3) is 3.42. The minimum atomic E-state index is -0.543. The Labute approximate surface area is 147 Å². The van der Waals surface area contributed by atoms with Gasteiger partial charge in [0.15, 0.2) is 11.5 Å². The number of carbonyl (C=O) groups is 1. The maximum Gasteiger partial charge on any atom is 0.365 e. The first kappa shape index (κ1) is 17.5. The molecule has 1 aromatic carbocycles. The molecule has 2 fully saturated rings. The summed E-state index contributed by atoms with van der Waals surface area (Å²) in [5.41, 5.74) is 1.25. The second-order valence-corrected chi connectivity index (χ2v) is 6.41. The number of piperidine rings is 1. The summed E-state index contributed by atoms with van der Waals surface area (Å²) in [5.74, 6) is 0.690. The summed E-state index contributed by atoms with van der Waals surface area (Å²) in [6.07, 6.45) is 4.08. The van der Waals surface area contributed by atoms with E-state index < -0.39 is 5.97 Å². The lowest BCUT2D eigenvalue weighted by Crippen LogP contribution is -2.40. The molecule has 7 heteroatoms. The first-order valence-electron chi connectivity index (χ1n) is 8.36. The van der Waals surface area contributed by atoms with Crippen LogP contribution in [0.5, 0.6) is 17.2 Å². The molecule has 2 aliphatic heterocycles. The lowest BCUT2D eigenvalue weighted by atomic mass is 10.0. The summed E-state index contributed by atoms with van der Waals surface area (Å²) in [6.45, 7) is 0. The summed E-state index contributed by atoms with van der Waals surface area (Å²) in [5, 5.41) is 4.12. The maximum absolute atomic E-state index is 12.4. The molecule has 2 atom stereocenters. The largest absolute Gasteiger partial charge is 0.493 e. The number of fused-ring (bicyclic) bond motifs is 2.